The van der Waals surface area contributed by atoms with Gasteiger partial charge in [0.2, 0.25) is 11.9 Å². The molecule has 3 heterocycles. The third-order valence-corrected chi connectivity index (χ3v) is 4.80. The molecule has 0 atom stereocenters. The molecule has 4 aromatic rings. The Morgan fingerprint density at radius 2 is 1.89 bits per heavy atom. The van der Waals surface area contributed by atoms with Crippen molar-refractivity contribution in [2.24, 2.45) is 7.05 Å². The maximum Gasteiger partial charge on any atom is 0.417 e. The standard InChI is InChI=1S/C23H18F4N8O/c1-3-20(36)31-15-4-5-18(24)19(7-15)33-21-17(13-6-14(9-28-8-13)23(25,26)27)11-29-22(34-21)32-16-10-30-35(2)12-16/h3-12H,1H2,2H3,(H,31,36)(H2,29,32,33,34). The molecule has 0 bridgehead atoms. The summed E-state index contributed by atoms with van der Waals surface area (Å²) in [5.41, 5.74) is -0.0685. The SMILES string of the molecule is C=CC(=O)Nc1ccc(F)c(Nc2nc(Nc3cnn(C)c3)ncc2-c2cncc(C(F)(F)F)c2)c1. The summed E-state index contributed by atoms with van der Waals surface area (Å²) in [6.45, 7) is 3.36. The Bertz CT molecular complexity index is 1430. The van der Waals surface area contributed by atoms with Gasteiger partial charge in [0.1, 0.15) is 11.6 Å². The summed E-state index contributed by atoms with van der Waals surface area (Å²) in [5, 5.41) is 12.2. The zero-order chi connectivity index (χ0) is 25.9. The van der Waals surface area contributed by atoms with Crippen molar-refractivity contribution in [1.29, 1.82) is 0 Å². The smallest absolute Gasteiger partial charge is 0.337 e. The minimum atomic E-state index is -4.62. The molecule has 1 amide bonds. The second kappa shape index (κ2) is 9.82. The van der Waals surface area contributed by atoms with Gasteiger partial charge in [-0.2, -0.15) is 23.3 Å². The summed E-state index contributed by atoms with van der Waals surface area (Å²) < 4.78 is 56.0. The van der Waals surface area contributed by atoms with Crippen molar-refractivity contribution in [3.8, 4) is 11.1 Å². The number of nitrogens with one attached hydrogen (secondary N) is 3. The first kappa shape index (κ1) is 24.3. The van der Waals surface area contributed by atoms with Crippen LogP contribution in [0, 0.1) is 5.82 Å². The zero-order valence-corrected chi connectivity index (χ0v) is 18.6. The number of benzene rings is 1. The lowest BCUT2D eigenvalue weighted by Gasteiger charge is -2.15. The zero-order valence-electron chi connectivity index (χ0n) is 18.6. The molecule has 3 aromatic heterocycles. The van der Waals surface area contributed by atoms with E-state index in [2.05, 4.69) is 42.6 Å². The molecule has 0 saturated carbocycles. The van der Waals surface area contributed by atoms with Crippen molar-refractivity contribution in [2.45, 2.75) is 6.18 Å². The molecule has 3 N–H and O–H groups in total. The molecule has 0 radical (unpaired) electrons. The van der Waals surface area contributed by atoms with Gasteiger partial charge in [-0.1, -0.05) is 6.58 Å². The van der Waals surface area contributed by atoms with Crippen LogP contribution >= 0.6 is 0 Å². The fourth-order valence-electron chi connectivity index (χ4n) is 3.13. The van der Waals surface area contributed by atoms with Crippen LogP contribution in [-0.4, -0.2) is 30.6 Å². The van der Waals surface area contributed by atoms with Gasteiger partial charge in [-0.25, -0.2) is 9.37 Å². The van der Waals surface area contributed by atoms with Crippen molar-refractivity contribution in [3.05, 3.63) is 79.3 Å². The van der Waals surface area contributed by atoms with Crippen LogP contribution in [0.2, 0.25) is 0 Å². The van der Waals surface area contributed by atoms with Gasteiger partial charge >= 0.3 is 6.18 Å². The Labute approximate surface area is 201 Å². The van der Waals surface area contributed by atoms with Crippen molar-refractivity contribution in [3.63, 3.8) is 0 Å². The highest BCUT2D eigenvalue weighted by atomic mass is 19.4. The summed E-state index contributed by atoms with van der Waals surface area (Å²) >= 11 is 0. The fourth-order valence-corrected chi connectivity index (χ4v) is 3.13. The number of rotatable bonds is 7. The molecule has 9 nitrogen and oxygen atoms in total. The highest BCUT2D eigenvalue weighted by Crippen LogP contribution is 2.35. The lowest BCUT2D eigenvalue weighted by Crippen LogP contribution is -2.09. The summed E-state index contributed by atoms with van der Waals surface area (Å²) in [6, 6.07) is 4.65. The number of alkyl halides is 3. The van der Waals surface area contributed by atoms with Crippen LogP contribution in [0.3, 0.4) is 0 Å². The number of aryl methyl sites for hydroxylation is 1. The van der Waals surface area contributed by atoms with Gasteiger partial charge in [0, 0.05) is 48.6 Å². The van der Waals surface area contributed by atoms with E-state index in [0.717, 1.165) is 18.2 Å². The van der Waals surface area contributed by atoms with Crippen LogP contribution in [0.25, 0.3) is 11.1 Å². The minimum Gasteiger partial charge on any atom is -0.337 e. The number of nitrogens with zero attached hydrogens (tertiary/aromatic N) is 5. The van der Waals surface area contributed by atoms with E-state index in [-0.39, 0.29) is 34.3 Å². The fraction of sp³-hybridized carbons (Fsp3) is 0.0870. The number of aromatic nitrogens is 5. The molecule has 0 unspecified atom stereocenters. The molecule has 0 aliphatic heterocycles. The maximum atomic E-state index is 14.7. The normalized spacial score (nSPS) is 11.1. The van der Waals surface area contributed by atoms with Crippen LogP contribution in [0.15, 0.2) is 67.9 Å². The number of halogens is 4. The summed E-state index contributed by atoms with van der Waals surface area (Å²) in [5.74, 6) is -1.14. The van der Waals surface area contributed by atoms with Crippen molar-refractivity contribution >= 4 is 34.7 Å². The molecular weight excluding hydrogens is 480 g/mol. The molecule has 0 aliphatic carbocycles. The number of anilines is 5. The van der Waals surface area contributed by atoms with Crippen LogP contribution in [0.4, 0.5) is 46.4 Å². The van der Waals surface area contributed by atoms with Gasteiger partial charge in [-0.3, -0.25) is 14.5 Å². The molecule has 4 rings (SSSR count). The van der Waals surface area contributed by atoms with Crippen molar-refractivity contribution < 1.29 is 22.4 Å². The minimum absolute atomic E-state index is 0.0105. The average Bonchev–Trinajstić information content (AvgIpc) is 3.25. The van der Waals surface area contributed by atoms with E-state index in [4.69, 9.17) is 0 Å². The molecule has 1 aromatic carbocycles. The highest BCUT2D eigenvalue weighted by Gasteiger charge is 2.31. The van der Waals surface area contributed by atoms with E-state index in [1.54, 1.807) is 17.9 Å². The molecule has 0 saturated heterocycles. The number of pyridine rings is 1. The first-order valence-corrected chi connectivity index (χ1v) is 10.3. The van der Waals surface area contributed by atoms with Crippen LogP contribution < -0.4 is 16.0 Å². The third-order valence-electron chi connectivity index (χ3n) is 4.80. The Kier molecular flexibility index (Phi) is 6.63. The van der Waals surface area contributed by atoms with E-state index < -0.39 is 23.5 Å². The van der Waals surface area contributed by atoms with Gasteiger partial charge < -0.3 is 16.0 Å². The summed E-state index contributed by atoms with van der Waals surface area (Å²) in [6.07, 6.45) is 2.80. The molecule has 0 fully saturated rings. The second-order valence-electron chi connectivity index (χ2n) is 7.46. The predicted molar refractivity (Wildman–Crippen MR) is 125 cm³/mol. The molecule has 36 heavy (non-hydrogen) atoms. The quantitative estimate of drug-likeness (QED) is 0.242. The van der Waals surface area contributed by atoms with Gasteiger partial charge in [-0.15, -0.1) is 0 Å². The molecule has 0 aliphatic rings. The topological polar surface area (TPSA) is 110 Å². The van der Waals surface area contributed by atoms with Crippen LogP contribution in [0.1, 0.15) is 5.56 Å². The highest BCUT2D eigenvalue weighted by molar-refractivity contribution is 5.99. The summed E-state index contributed by atoms with van der Waals surface area (Å²) in [7, 11) is 1.71. The third kappa shape index (κ3) is 5.63. The predicted octanol–water partition coefficient (Wildman–Crippen LogP) is 5.04. The molecular formula is C23H18F4N8O. The lowest BCUT2D eigenvalue weighted by atomic mass is 10.1. The average molecular weight is 498 g/mol. The first-order chi connectivity index (χ1) is 17.1. The first-order valence-electron chi connectivity index (χ1n) is 10.3. The molecule has 13 heteroatoms. The Balaban J connectivity index is 1.77. The number of carbonyl (C=O) groups is 1. The van der Waals surface area contributed by atoms with Gasteiger partial charge in [0.25, 0.3) is 0 Å². The van der Waals surface area contributed by atoms with Crippen molar-refractivity contribution in [1.82, 2.24) is 24.7 Å². The largest absolute Gasteiger partial charge is 0.417 e. The Morgan fingerprint density at radius 3 is 2.58 bits per heavy atom. The summed E-state index contributed by atoms with van der Waals surface area (Å²) in [4.78, 5) is 23.8. The van der Waals surface area contributed by atoms with Gasteiger partial charge in [0.05, 0.1) is 23.1 Å². The van der Waals surface area contributed by atoms with Gasteiger partial charge in [0.15, 0.2) is 0 Å². The monoisotopic (exact) mass is 498 g/mol. The number of hydrogen-bond donors (Lipinski definition) is 3. The second-order valence-corrected chi connectivity index (χ2v) is 7.46. The number of hydrogen-bond acceptors (Lipinski definition) is 7. The number of carbonyl (C=O) groups excluding carboxylic acids is 1. The van der Waals surface area contributed by atoms with Crippen molar-refractivity contribution in [2.75, 3.05) is 16.0 Å². The van der Waals surface area contributed by atoms with Gasteiger partial charge in [-0.05, 0) is 30.3 Å². The molecule has 184 valence electrons. The Morgan fingerprint density at radius 1 is 1.08 bits per heavy atom. The van der Waals surface area contributed by atoms with E-state index in [1.807, 2.05) is 0 Å². The van der Waals surface area contributed by atoms with E-state index in [1.165, 1.54) is 30.7 Å². The lowest BCUT2D eigenvalue weighted by molar-refractivity contribution is -0.137. The van der Waals surface area contributed by atoms with E-state index >= 15 is 0 Å². The van der Waals surface area contributed by atoms with E-state index in [9.17, 15) is 22.4 Å². The van der Waals surface area contributed by atoms with Crippen LogP contribution in [-0.2, 0) is 18.0 Å². The molecule has 0 spiro atoms. The Hall–Kier alpha value is -4.81. The number of amides is 1. The maximum absolute atomic E-state index is 14.7. The van der Waals surface area contributed by atoms with Crippen LogP contribution in [0.5, 0.6) is 0 Å². The van der Waals surface area contributed by atoms with E-state index in [0.29, 0.717) is 11.9 Å².